The highest BCUT2D eigenvalue weighted by Gasteiger charge is 2.38. The maximum Gasteiger partial charge on any atom is 0.162 e. The van der Waals surface area contributed by atoms with Gasteiger partial charge in [-0.15, -0.1) is 10.2 Å². The summed E-state index contributed by atoms with van der Waals surface area (Å²) >= 11 is 0. The van der Waals surface area contributed by atoms with Crippen molar-refractivity contribution in [3.8, 4) is 22.6 Å². The van der Waals surface area contributed by atoms with Crippen molar-refractivity contribution in [3.63, 3.8) is 0 Å². The molecule has 2 N–H and O–H groups in total. The molecule has 1 aliphatic heterocycles. The molecule has 6 nitrogen and oxygen atoms in total. The normalized spacial score (nSPS) is 16.6. The summed E-state index contributed by atoms with van der Waals surface area (Å²) in [6, 6.07) is 4.40. The van der Waals surface area contributed by atoms with E-state index in [-0.39, 0.29) is 5.82 Å². The fraction of sp³-hybridized carbons (Fsp3) is 0.333. The Morgan fingerprint density at radius 1 is 1.12 bits per heavy atom. The predicted octanol–water partition coefficient (Wildman–Crippen LogP) is 5.55. The van der Waals surface area contributed by atoms with Crippen molar-refractivity contribution in [2.24, 2.45) is 0 Å². The summed E-state index contributed by atoms with van der Waals surface area (Å²) in [6.45, 7) is 5.66. The first-order chi connectivity index (χ1) is 15.3. The lowest BCUT2D eigenvalue weighted by molar-refractivity contribution is 0.409. The van der Waals surface area contributed by atoms with Crippen LogP contribution in [0, 0.1) is 18.6 Å². The van der Waals surface area contributed by atoms with Gasteiger partial charge in [-0.05, 0) is 63.3 Å². The number of H-pyrrole nitrogens is 1. The first-order valence-corrected chi connectivity index (χ1v) is 10.7. The van der Waals surface area contributed by atoms with E-state index in [9.17, 15) is 4.39 Å². The Labute approximate surface area is 183 Å². The molecule has 1 fully saturated rings. The van der Waals surface area contributed by atoms with Gasteiger partial charge in [0.05, 0.1) is 23.9 Å². The number of nitrogens with zero attached hydrogens (tertiary/aromatic N) is 3. The number of halogens is 2. The van der Waals surface area contributed by atoms with E-state index < -0.39 is 11.4 Å². The van der Waals surface area contributed by atoms with Gasteiger partial charge >= 0.3 is 0 Å². The summed E-state index contributed by atoms with van der Waals surface area (Å²) in [6.07, 6.45) is 4.15. The van der Waals surface area contributed by atoms with Crippen molar-refractivity contribution in [3.05, 3.63) is 53.2 Å². The number of methoxy groups -OCH3 is 1. The van der Waals surface area contributed by atoms with Gasteiger partial charge in [0.15, 0.2) is 11.6 Å². The number of hydrogen-bond acceptors (Lipinski definition) is 4. The van der Waals surface area contributed by atoms with E-state index in [4.69, 9.17) is 4.74 Å². The molecule has 0 unspecified atom stereocenters. The molecule has 2 aliphatic rings. The van der Waals surface area contributed by atoms with E-state index in [1.54, 1.807) is 6.07 Å². The number of nitrogens with one attached hydrogen (secondary N) is 2. The van der Waals surface area contributed by atoms with E-state index in [1.807, 2.05) is 31.5 Å². The van der Waals surface area contributed by atoms with Crippen molar-refractivity contribution in [2.75, 3.05) is 12.4 Å². The minimum Gasteiger partial charge on any atom is -0.494 e. The Bertz CT molecular complexity index is 1410. The summed E-state index contributed by atoms with van der Waals surface area (Å²) < 4.78 is 38.0. The Morgan fingerprint density at radius 2 is 1.91 bits per heavy atom. The molecule has 164 valence electrons. The number of fused-ring (bicyclic) bond motifs is 4. The van der Waals surface area contributed by atoms with Crippen molar-refractivity contribution in [1.82, 2.24) is 19.7 Å². The van der Waals surface area contributed by atoms with Crippen LogP contribution in [0.3, 0.4) is 0 Å². The zero-order chi connectivity index (χ0) is 22.4. The minimum absolute atomic E-state index is 0.309. The number of anilines is 1. The largest absolute Gasteiger partial charge is 0.494 e. The molecule has 0 saturated heterocycles. The molecule has 1 saturated carbocycles. The highest BCUT2D eigenvalue weighted by Crippen LogP contribution is 2.50. The number of aromatic amines is 1. The Morgan fingerprint density at radius 3 is 2.62 bits per heavy atom. The van der Waals surface area contributed by atoms with Crippen LogP contribution < -0.4 is 10.1 Å². The standard InChI is InChI=1S/C24H23F2N5O/c1-11-29-30-23-24(2,3)28-20-18(26)9-16(22(32-4)21(20)31(11)23)14-7-13(25)8-15-17(12-5-6-12)10-27-19(14)15/h7-10,12,27-28H,5-6H2,1-4H3. The van der Waals surface area contributed by atoms with Crippen LogP contribution in [-0.4, -0.2) is 26.9 Å². The predicted molar refractivity (Wildman–Crippen MR) is 118 cm³/mol. The molecular formula is C24H23F2N5O. The van der Waals surface area contributed by atoms with Gasteiger partial charge in [-0.25, -0.2) is 8.78 Å². The lowest BCUT2D eigenvalue weighted by atomic mass is 9.95. The lowest BCUT2D eigenvalue weighted by Gasteiger charge is -2.35. The topological polar surface area (TPSA) is 67.8 Å². The molecule has 3 heterocycles. The van der Waals surface area contributed by atoms with Crippen molar-refractivity contribution >= 4 is 16.6 Å². The van der Waals surface area contributed by atoms with Crippen molar-refractivity contribution in [2.45, 2.75) is 45.1 Å². The van der Waals surface area contributed by atoms with Gasteiger partial charge < -0.3 is 15.0 Å². The van der Waals surface area contributed by atoms with Crippen LogP contribution in [0.4, 0.5) is 14.5 Å². The van der Waals surface area contributed by atoms with Crippen LogP contribution in [0.5, 0.6) is 5.75 Å². The second-order valence-corrected chi connectivity index (χ2v) is 9.21. The van der Waals surface area contributed by atoms with Crippen LogP contribution in [0.1, 0.15) is 49.8 Å². The van der Waals surface area contributed by atoms with E-state index in [1.165, 1.54) is 19.2 Å². The number of aromatic nitrogens is 4. The molecule has 0 atom stereocenters. The van der Waals surface area contributed by atoms with Crippen molar-refractivity contribution < 1.29 is 13.5 Å². The lowest BCUT2D eigenvalue weighted by Crippen LogP contribution is -2.36. The van der Waals surface area contributed by atoms with Gasteiger partial charge in [-0.3, -0.25) is 4.57 Å². The maximum absolute atomic E-state index is 15.6. The molecule has 32 heavy (non-hydrogen) atoms. The van der Waals surface area contributed by atoms with Crippen LogP contribution >= 0.6 is 0 Å². The summed E-state index contributed by atoms with van der Waals surface area (Å²) in [7, 11) is 1.54. The van der Waals surface area contributed by atoms with Crippen LogP contribution in [-0.2, 0) is 5.54 Å². The SMILES string of the molecule is COc1c(-c2cc(F)cc3c(C4CC4)c[nH]c23)cc(F)c2c1-n1c(C)nnc1C(C)(C)N2. The molecule has 4 aromatic rings. The third-order valence-electron chi connectivity index (χ3n) is 6.55. The Balaban J connectivity index is 1.68. The van der Waals surface area contributed by atoms with Gasteiger partial charge in [-0.2, -0.15) is 0 Å². The van der Waals surface area contributed by atoms with E-state index in [0.717, 1.165) is 29.3 Å². The molecule has 1 aliphatic carbocycles. The number of hydrogen-bond donors (Lipinski definition) is 2. The highest BCUT2D eigenvalue weighted by molar-refractivity contribution is 5.99. The number of ether oxygens (including phenoxy) is 1. The smallest absolute Gasteiger partial charge is 0.162 e. The van der Waals surface area contributed by atoms with Gasteiger partial charge in [0, 0.05) is 22.7 Å². The summed E-state index contributed by atoms with van der Waals surface area (Å²) in [4.78, 5) is 3.30. The molecular weight excluding hydrogens is 412 g/mol. The second kappa shape index (κ2) is 6.31. The second-order valence-electron chi connectivity index (χ2n) is 9.21. The van der Waals surface area contributed by atoms with Crippen molar-refractivity contribution in [1.29, 1.82) is 0 Å². The maximum atomic E-state index is 15.6. The fourth-order valence-electron chi connectivity index (χ4n) is 4.92. The Hall–Kier alpha value is -3.42. The number of aryl methyl sites for hydroxylation is 1. The highest BCUT2D eigenvalue weighted by atomic mass is 19.1. The van der Waals surface area contributed by atoms with E-state index in [0.29, 0.717) is 45.8 Å². The first-order valence-electron chi connectivity index (χ1n) is 10.7. The fourth-order valence-corrected chi connectivity index (χ4v) is 4.92. The molecule has 0 bridgehead atoms. The van der Waals surface area contributed by atoms with Crippen LogP contribution in [0.2, 0.25) is 0 Å². The summed E-state index contributed by atoms with van der Waals surface area (Å²) in [5.41, 5.74) is 3.08. The van der Waals surface area contributed by atoms with Gasteiger partial charge in [0.1, 0.15) is 23.1 Å². The van der Waals surface area contributed by atoms with Crippen LogP contribution in [0.15, 0.2) is 24.4 Å². The quantitative estimate of drug-likeness (QED) is 0.443. The third-order valence-corrected chi connectivity index (χ3v) is 6.55. The van der Waals surface area contributed by atoms with Gasteiger partial charge in [-0.1, -0.05) is 0 Å². The van der Waals surface area contributed by atoms with E-state index >= 15 is 4.39 Å². The molecule has 0 spiro atoms. The van der Waals surface area contributed by atoms with Gasteiger partial charge in [0.2, 0.25) is 0 Å². The Kier molecular flexibility index (Phi) is 3.80. The zero-order valence-electron chi connectivity index (χ0n) is 18.3. The molecule has 6 rings (SSSR count). The summed E-state index contributed by atoms with van der Waals surface area (Å²) in [5, 5.41) is 12.6. The molecule has 2 aromatic heterocycles. The molecule has 0 radical (unpaired) electrons. The van der Waals surface area contributed by atoms with Gasteiger partial charge in [0.25, 0.3) is 0 Å². The average Bonchev–Trinajstić information content (AvgIpc) is 3.38. The van der Waals surface area contributed by atoms with E-state index in [2.05, 4.69) is 20.5 Å². The monoisotopic (exact) mass is 435 g/mol. The minimum atomic E-state index is -0.633. The van der Waals surface area contributed by atoms with Crippen LogP contribution in [0.25, 0.3) is 27.7 Å². The summed E-state index contributed by atoms with van der Waals surface area (Å²) in [5.74, 6) is 1.34. The first kappa shape index (κ1) is 19.3. The number of rotatable bonds is 3. The average molecular weight is 435 g/mol. The zero-order valence-corrected chi connectivity index (χ0v) is 18.3. The third kappa shape index (κ3) is 2.55. The number of benzene rings is 2. The molecule has 0 amide bonds. The molecule has 2 aromatic carbocycles. The molecule has 8 heteroatoms.